The second-order valence-electron chi connectivity index (χ2n) is 9.13. The molecule has 0 spiro atoms. The first-order chi connectivity index (χ1) is 15.8. The quantitative estimate of drug-likeness (QED) is 0.156. The van der Waals surface area contributed by atoms with E-state index in [1.807, 2.05) is 24.2 Å². The highest BCUT2D eigenvalue weighted by molar-refractivity contribution is 7.99. The molecular weight excluding hydrogens is 408 g/mol. The number of aryl methyl sites for hydroxylation is 1. The molecule has 1 heterocycles. The predicted octanol–water partition coefficient (Wildman–Crippen LogP) is 9.67. The number of hydrogen-bond donors (Lipinski definition) is 0. The zero-order valence-corrected chi connectivity index (χ0v) is 21.6. The van der Waals surface area contributed by atoms with Gasteiger partial charge in [0, 0.05) is 22.9 Å². The summed E-state index contributed by atoms with van der Waals surface area (Å²) in [5.41, 5.74) is 2.38. The smallest absolute Gasteiger partial charge is 0.159 e. The summed E-state index contributed by atoms with van der Waals surface area (Å²) in [6.07, 6.45) is 25.6. The van der Waals surface area contributed by atoms with E-state index in [0.29, 0.717) is 0 Å². The number of aromatic nitrogens is 2. The summed E-state index contributed by atoms with van der Waals surface area (Å²) in [7, 11) is 0. The van der Waals surface area contributed by atoms with Crippen LogP contribution in [-0.4, -0.2) is 15.7 Å². The Hall–Kier alpha value is -1.35. The summed E-state index contributed by atoms with van der Waals surface area (Å²) in [6.45, 7) is 4.56. The van der Waals surface area contributed by atoms with Gasteiger partial charge in [-0.15, -0.1) is 11.8 Å². The SMILES string of the molecule is CCCCCCCCCCSc1ccc(-c2ncc(CCCCCCCCC)cn2)cc1. The van der Waals surface area contributed by atoms with Crippen molar-refractivity contribution in [1.29, 1.82) is 0 Å². The van der Waals surface area contributed by atoms with Gasteiger partial charge in [0.2, 0.25) is 0 Å². The number of benzene rings is 1. The molecule has 0 aliphatic carbocycles. The predicted molar refractivity (Wildman–Crippen MR) is 142 cm³/mol. The van der Waals surface area contributed by atoms with Crippen LogP contribution in [-0.2, 0) is 6.42 Å². The van der Waals surface area contributed by atoms with Gasteiger partial charge in [-0.1, -0.05) is 109 Å². The molecule has 3 heteroatoms. The maximum Gasteiger partial charge on any atom is 0.159 e. The normalized spacial score (nSPS) is 11.2. The lowest BCUT2D eigenvalue weighted by atomic mass is 10.1. The van der Waals surface area contributed by atoms with Crippen molar-refractivity contribution in [1.82, 2.24) is 9.97 Å². The molecule has 2 aromatic rings. The van der Waals surface area contributed by atoms with Crippen LogP contribution in [0.3, 0.4) is 0 Å². The average Bonchev–Trinajstić information content (AvgIpc) is 2.83. The van der Waals surface area contributed by atoms with E-state index in [4.69, 9.17) is 0 Å². The van der Waals surface area contributed by atoms with Gasteiger partial charge in [-0.05, 0) is 42.7 Å². The Bertz CT molecular complexity index is 681. The number of thioether (sulfide) groups is 1. The van der Waals surface area contributed by atoms with Crippen LogP contribution >= 0.6 is 11.8 Å². The summed E-state index contributed by atoms with van der Waals surface area (Å²) < 4.78 is 0. The van der Waals surface area contributed by atoms with Crippen LogP contribution < -0.4 is 0 Å². The molecule has 178 valence electrons. The van der Waals surface area contributed by atoms with E-state index in [1.54, 1.807) is 0 Å². The van der Waals surface area contributed by atoms with Crippen LogP contribution in [0.1, 0.15) is 116 Å². The first kappa shape index (κ1) is 26.9. The van der Waals surface area contributed by atoms with Gasteiger partial charge < -0.3 is 0 Å². The lowest BCUT2D eigenvalue weighted by Crippen LogP contribution is -1.93. The van der Waals surface area contributed by atoms with Gasteiger partial charge in [0.15, 0.2) is 5.82 Å². The topological polar surface area (TPSA) is 25.8 Å². The highest BCUT2D eigenvalue weighted by atomic mass is 32.2. The maximum absolute atomic E-state index is 4.62. The highest BCUT2D eigenvalue weighted by Gasteiger charge is 2.03. The van der Waals surface area contributed by atoms with Gasteiger partial charge in [0.1, 0.15) is 0 Å². The zero-order valence-electron chi connectivity index (χ0n) is 20.8. The molecule has 0 saturated carbocycles. The van der Waals surface area contributed by atoms with Crippen molar-refractivity contribution < 1.29 is 0 Å². The van der Waals surface area contributed by atoms with Crippen molar-refractivity contribution in [3.05, 3.63) is 42.2 Å². The lowest BCUT2D eigenvalue weighted by Gasteiger charge is -2.06. The first-order valence-electron chi connectivity index (χ1n) is 13.4. The Kier molecular flexibility index (Phi) is 15.2. The second kappa shape index (κ2) is 18.1. The van der Waals surface area contributed by atoms with Crippen molar-refractivity contribution in [2.75, 3.05) is 5.75 Å². The third-order valence-electron chi connectivity index (χ3n) is 6.15. The van der Waals surface area contributed by atoms with E-state index < -0.39 is 0 Å². The third-order valence-corrected chi connectivity index (χ3v) is 7.25. The molecule has 0 aliphatic rings. The number of rotatable bonds is 19. The van der Waals surface area contributed by atoms with E-state index >= 15 is 0 Å². The van der Waals surface area contributed by atoms with Crippen LogP contribution in [0.15, 0.2) is 41.6 Å². The highest BCUT2D eigenvalue weighted by Crippen LogP contribution is 2.24. The van der Waals surface area contributed by atoms with Crippen molar-refractivity contribution in [3.63, 3.8) is 0 Å². The molecule has 0 atom stereocenters. The van der Waals surface area contributed by atoms with Gasteiger partial charge in [-0.3, -0.25) is 0 Å². The van der Waals surface area contributed by atoms with Crippen molar-refractivity contribution in [3.8, 4) is 11.4 Å². The number of unbranched alkanes of at least 4 members (excludes halogenated alkanes) is 13. The molecule has 0 N–H and O–H groups in total. The Morgan fingerprint density at radius 3 is 1.66 bits per heavy atom. The van der Waals surface area contributed by atoms with Gasteiger partial charge >= 0.3 is 0 Å². The Labute approximate surface area is 202 Å². The molecule has 0 saturated heterocycles. The fourth-order valence-corrected chi connectivity index (χ4v) is 4.96. The van der Waals surface area contributed by atoms with Gasteiger partial charge in [-0.25, -0.2) is 9.97 Å². The van der Waals surface area contributed by atoms with E-state index in [1.165, 1.54) is 113 Å². The third kappa shape index (κ3) is 12.0. The summed E-state index contributed by atoms with van der Waals surface area (Å²) in [6, 6.07) is 8.78. The molecule has 32 heavy (non-hydrogen) atoms. The van der Waals surface area contributed by atoms with Crippen LogP contribution in [0.25, 0.3) is 11.4 Å². The Morgan fingerprint density at radius 1 is 0.594 bits per heavy atom. The van der Waals surface area contributed by atoms with Crippen molar-refractivity contribution in [2.45, 2.75) is 121 Å². The number of hydrogen-bond acceptors (Lipinski definition) is 3. The molecule has 2 rings (SSSR count). The van der Waals surface area contributed by atoms with E-state index in [0.717, 1.165) is 17.8 Å². The van der Waals surface area contributed by atoms with E-state index in [9.17, 15) is 0 Å². The number of nitrogens with zero attached hydrogens (tertiary/aromatic N) is 2. The molecule has 1 aromatic carbocycles. The molecule has 0 unspecified atom stereocenters. The molecule has 1 aromatic heterocycles. The fraction of sp³-hybridized carbons (Fsp3) is 0.655. The fourth-order valence-electron chi connectivity index (χ4n) is 4.05. The van der Waals surface area contributed by atoms with Gasteiger partial charge in [0.05, 0.1) is 0 Å². The second-order valence-corrected chi connectivity index (χ2v) is 10.3. The standard InChI is InChI=1S/C29H46N2S/c1-3-5-7-9-11-13-15-17-23-32-28-21-19-27(20-22-28)29-30-24-26(25-31-29)18-16-14-12-10-8-6-4-2/h19-22,24-25H,3-18,23H2,1-2H3. The zero-order chi connectivity index (χ0) is 22.7. The van der Waals surface area contributed by atoms with Gasteiger partial charge in [0.25, 0.3) is 0 Å². The van der Waals surface area contributed by atoms with E-state index in [-0.39, 0.29) is 0 Å². The van der Waals surface area contributed by atoms with Crippen molar-refractivity contribution >= 4 is 11.8 Å². The van der Waals surface area contributed by atoms with Crippen molar-refractivity contribution in [2.24, 2.45) is 0 Å². The summed E-state index contributed by atoms with van der Waals surface area (Å²) >= 11 is 1.98. The molecule has 2 nitrogen and oxygen atoms in total. The molecule has 0 bridgehead atoms. The largest absolute Gasteiger partial charge is 0.236 e. The molecule has 0 radical (unpaired) electrons. The van der Waals surface area contributed by atoms with Crippen LogP contribution in [0.5, 0.6) is 0 Å². The van der Waals surface area contributed by atoms with Crippen LogP contribution in [0.4, 0.5) is 0 Å². The Morgan fingerprint density at radius 2 is 1.09 bits per heavy atom. The minimum Gasteiger partial charge on any atom is -0.236 e. The molecule has 0 fully saturated rings. The maximum atomic E-state index is 4.62. The average molecular weight is 455 g/mol. The minimum atomic E-state index is 0.841. The molecule has 0 amide bonds. The first-order valence-corrected chi connectivity index (χ1v) is 14.4. The van der Waals surface area contributed by atoms with Gasteiger partial charge in [-0.2, -0.15) is 0 Å². The summed E-state index contributed by atoms with van der Waals surface area (Å²) in [5.74, 6) is 2.06. The summed E-state index contributed by atoms with van der Waals surface area (Å²) in [4.78, 5) is 10.6. The minimum absolute atomic E-state index is 0.841. The monoisotopic (exact) mass is 454 g/mol. The Balaban J connectivity index is 1.60. The van der Waals surface area contributed by atoms with Crippen LogP contribution in [0.2, 0.25) is 0 Å². The van der Waals surface area contributed by atoms with Crippen LogP contribution in [0, 0.1) is 0 Å². The molecular formula is C29H46N2S. The van der Waals surface area contributed by atoms with E-state index in [2.05, 4.69) is 48.1 Å². The lowest BCUT2D eigenvalue weighted by molar-refractivity contribution is 0.586. The summed E-state index contributed by atoms with van der Waals surface area (Å²) in [5, 5.41) is 0. The molecule has 0 aliphatic heterocycles.